The Kier molecular flexibility index (Phi) is 10.4. The molecule has 0 atom stereocenters. The molecule has 2 aliphatic carbocycles. The maximum atomic E-state index is 5.92. The lowest BCUT2D eigenvalue weighted by Crippen LogP contribution is -2.18. The molecule has 2 aromatic rings. The van der Waals surface area contributed by atoms with Gasteiger partial charge in [-0.25, -0.2) is 0 Å². The van der Waals surface area contributed by atoms with Crippen LogP contribution in [0.25, 0.3) is 0 Å². The van der Waals surface area contributed by atoms with Crippen LogP contribution in [0.5, 0.6) is 34.5 Å². The van der Waals surface area contributed by atoms with Crippen LogP contribution in [0.4, 0.5) is 0 Å². The van der Waals surface area contributed by atoms with Crippen LogP contribution in [0, 0.1) is 0 Å². The van der Waals surface area contributed by atoms with Gasteiger partial charge in [-0.2, -0.15) is 0 Å². The fourth-order valence-corrected chi connectivity index (χ4v) is 6.88. The zero-order chi connectivity index (χ0) is 30.2. The first-order valence-corrected chi connectivity index (χ1v) is 14.6. The van der Waals surface area contributed by atoms with E-state index in [0.717, 1.165) is 60.3 Å². The predicted octanol–water partition coefficient (Wildman–Crippen LogP) is 5.42. The molecule has 42 heavy (non-hydrogen) atoms. The van der Waals surface area contributed by atoms with Crippen LogP contribution in [0.3, 0.4) is 0 Å². The third-order valence-electron chi connectivity index (χ3n) is 6.50. The lowest BCUT2D eigenvalue weighted by Gasteiger charge is -2.24. The average molecular weight is 609 g/mol. The lowest BCUT2D eigenvalue weighted by molar-refractivity contribution is 0.295. The number of rotatable bonds is 10. The maximum Gasteiger partial charge on any atom is 0.203 e. The summed E-state index contributed by atoms with van der Waals surface area (Å²) in [6, 6.07) is 7.79. The van der Waals surface area contributed by atoms with Crippen molar-refractivity contribution >= 4 is 37.6 Å². The van der Waals surface area contributed by atoms with E-state index in [1.54, 1.807) is 56.9 Å². The molecule has 0 saturated carbocycles. The summed E-state index contributed by atoms with van der Waals surface area (Å²) in [5.41, 5.74) is 1.84. The van der Waals surface area contributed by atoms with Crippen LogP contribution in [0.2, 0.25) is 0 Å². The Morgan fingerprint density at radius 2 is 0.762 bits per heavy atom. The Hall–Kier alpha value is -4.12. The zero-order valence-corrected chi connectivity index (χ0v) is 26.7. The van der Waals surface area contributed by atoms with E-state index in [2.05, 4.69) is 12.2 Å². The van der Waals surface area contributed by atoms with Gasteiger partial charge in [-0.05, 0) is 48.6 Å². The van der Waals surface area contributed by atoms with E-state index >= 15 is 0 Å². The Morgan fingerprint density at radius 1 is 0.429 bits per heavy atom. The molecular weight excluding hydrogens is 574 g/mol. The Balaban J connectivity index is 1.98. The standard InChI is InChI=1S/C32H34O8P2/c1-33-21-11-9-13-27(41-19-15-23(35-3)31(39-7)24(16-19)36-4)29(21)30-22(34-2)12-10-14-28(30)42-20-17-25(37-5)32(40-8)26(18-20)38-6/h9-18H,1-8H3. The third-order valence-corrected chi connectivity index (χ3v) is 8.76. The molecule has 0 fully saturated rings. The van der Waals surface area contributed by atoms with Crippen molar-refractivity contribution in [2.45, 2.75) is 0 Å². The van der Waals surface area contributed by atoms with E-state index in [1.165, 1.54) is 0 Å². The third kappa shape index (κ3) is 6.20. The second-order valence-electron chi connectivity index (χ2n) is 8.70. The van der Waals surface area contributed by atoms with Crippen molar-refractivity contribution in [3.63, 3.8) is 0 Å². The molecule has 0 heterocycles. The number of hydrogen-bond donors (Lipinski definition) is 0. The van der Waals surface area contributed by atoms with Crippen molar-refractivity contribution in [1.29, 1.82) is 0 Å². The predicted molar refractivity (Wildman–Crippen MR) is 171 cm³/mol. The summed E-state index contributed by atoms with van der Waals surface area (Å²) in [4.78, 5) is 0. The number of ether oxygens (including phenoxy) is 8. The minimum absolute atomic E-state index is 0.543. The van der Waals surface area contributed by atoms with Crippen molar-refractivity contribution in [3.8, 4) is 34.5 Å². The molecule has 10 heteroatoms. The molecule has 2 aliphatic rings. The van der Waals surface area contributed by atoms with Crippen LogP contribution < -0.4 is 39.0 Å². The summed E-state index contributed by atoms with van der Waals surface area (Å²) >= 11 is 0. The molecule has 0 spiro atoms. The Labute approximate surface area is 250 Å². The molecule has 220 valence electrons. The van der Waals surface area contributed by atoms with Crippen molar-refractivity contribution in [1.82, 2.24) is 0 Å². The largest absolute Gasteiger partial charge is 0.496 e. The Morgan fingerprint density at radius 3 is 1.02 bits per heavy atom. The summed E-state index contributed by atoms with van der Waals surface area (Å²) < 4.78 is 45.3. The van der Waals surface area contributed by atoms with E-state index in [1.807, 2.05) is 48.6 Å². The van der Waals surface area contributed by atoms with Gasteiger partial charge in [0.1, 0.15) is 11.5 Å². The second-order valence-corrected chi connectivity index (χ2v) is 11.1. The van der Waals surface area contributed by atoms with Crippen molar-refractivity contribution in [3.05, 3.63) is 83.4 Å². The van der Waals surface area contributed by atoms with Gasteiger partial charge in [-0.15, -0.1) is 0 Å². The van der Waals surface area contributed by atoms with Crippen LogP contribution >= 0.6 is 16.4 Å². The molecule has 4 rings (SSSR count). The molecular formula is C32H34O8P2. The second kappa shape index (κ2) is 14.2. The van der Waals surface area contributed by atoms with Crippen molar-refractivity contribution in [2.75, 3.05) is 56.9 Å². The van der Waals surface area contributed by atoms with Gasteiger partial charge < -0.3 is 37.9 Å². The summed E-state index contributed by atoms with van der Waals surface area (Å²) in [6.45, 7) is 0. The van der Waals surface area contributed by atoms with Crippen LogP contribution in [-0.2, 0) is 9.47 Å². The number of methoxy groups -OCH3 is 8. The molecule has 0 amide bonds. The first-order valence-electron chi connectivity index (χ1n) is 12.8. The zero-order valence-electron chi connectivity index (χ0n) is 24.9. The maximum absolute atomic E-state index is 5.92. The SMILES string of the molecule is COC1=CC=CC(=Pc2cc(OC)c(OC)c(OC)c2)C1=C1C(OC)=CC=CC1=Pc1cc(OC)c(OC)c(OC)c1. The molecule has 0 aromatic heterocycles. The highest BCUT2D eigenvalue weighted by molar-refractivity contribution is 7.51. The molecule has 8 nitrogen and oxygen atoms in total. The molecule has 0 unspecified atom stereocenters. The monoisotopic (exact) mass is 608 g/mol. The van der Waals surface area contributed by atoms with Crippen LogP contribution in [0.15, 0.2) is 83.4 Å². The molecule has 0 radical (unpaired) electrons. The highest BCUT2D eigenvalue weighted by Crippen LogP contribution is 2.40. The first-order chi connectivity index (χ1) is 20.5. The van der Waals surface area contributed by atoms with Crippen LogP contribution in [-0.4, -0.2) is 67.5 Å². The highest BCUT2D eigenvalue weighted by atomic mass is 31.1. The number of allylic oxidation sites excluding steroid dienone is 8. The molecule has 0 saturated heterocycles. The van der Waals surface area contributed by atoms with Gasteiger partial charge in [0, 0.05) is 32.3 Å². The normalized spacial score (nSPS) is 17.9. The fraction of sp³-hybridized carbons (Fsp3) is 0.250. The molecule has 0 bridgehead atoms. The van der Waals surface area contributed by atoms with E-state index in [9.17, 15) is 0 Å². The van der Waals surface area contributed by atoms with Gasteiger partial charge >= 0.3 is 0 Å². The quantitative estimate of drug-likeness (QED) is 0.331. The average Bonchev–Trinajstić information content (AvgIpc) is 3.03. The first kappa shape index (κ1) is 30.8. The van der Waals surface area contributed by atoms with Crippen molar-refractivity contribution < 1.29 is 37.9 Å². The fourth-order valence-electron chi connectivity index (χ4n) is 4.61. The molecule has 2 aromatic carbocycles. The smallest absolute Gasteiger partial charge is 0.203 e. The highest BCUT2D eigenvalue weighted by Gasteiger charge is 2.26. The summed E-state index contributed by atoms with van der Waals surface area (Å²) in [6.07, 6.45) is 12.0. The van der Waals surface area contributed by atoms with E-state index < -0.39 is 0 Å². The van der Waals surface area contributed by atoms with Gasteiger partial charge in [-0.3, -0.25) is 0 Å². The minimum atomic E-state index is 0.543. The Bertz CT molecular complexity index is 1390. The minimum Gasteiger partial charge on any atom is -0.496 e. The number of benzene rings is 2. The molecule has 0 aliphatic heterocycles. The van der Waals surface area contributed by atoms with Crippen LogP contribution in [0.1, 0.15) is 0 Å². The molecule has 0 N–H and O–H groups in total. The van der Waals surface area contributed by atoms with E-state index in [4.69, 9.17) is 37.9 Å². The van der Waals surface area contributed by atoms with Gasteiger partial charge in [0.25, 0.3) is 0 Å². The number of hydrogen-bond acceptors (Lipinski definition) is 8. The lowest BCUT2D eigenvalue weighted by atomic mass is 9.93. The van der Waals surface area contributed by atoms with E-state index in [-0.39, 0.29) is 0 Å². The summed E-state index contributed by atoms with van der Waals surface area (Å²) in [5.74, 6) is 4.87. The van der Waals surface area contributed by atoms with E-state index in [0.29, 0.717) is 34.5 Å². The van der Waals surface area contributed by atoms with Gasteiger partial charge in [0.05, 0.1) is 56.9 Å². The van der Waals surface area contributed by atoms with Gasteiger partial charge in [-0.1, -0.05) is 28.6 Å². The van der Waals surface area contributed by atoms with Gasteiger partial charge in [0.2, 0.25) is 11.5 Å². The van der Waals surface area contributed by atoms with Crippen molar-refractivity contribution in [2.24, 2.45) is 0 Å². The topological polar surface area (TPSA) is 73.8 Å². The summed E-state index contributed by atoms with van der Waals surface area (Å²) in [5, 5.41) is 3.93. The van der Waals surface area contributed by atoms with Gasteiger partial charge in [0.15, 0.2) is 23.0 Å². The summed E-state index contributed by atoms with van der Waals surface area (Å²) in [7, 11) is 14.8.